The number of nitrogens with zero attached hydrogens (tertiary/aromatic N) is 4. The lowest BCUT2D eigenvalue weighted by atomic mass is 10.2. The van der Waals surface area contributed by atoms with Crippen molar-refractivity contribution in [2.24, 2.45) is 0 Å². The average Bonchev–Trinajstić information content (AvgIpc) is 3.21. The predicted octanol–water partition coefficient (Wildman–Crippen LogP) is 2.70. The van der Waals surface area contributed by atoms with Gasteiger partial charge in [0.1, 0.15) is 0 Å². The fraction of sp³-hybridized carbons (Fsp3) is 0.429. The molecule has 0 aliphatic carbocycles. The van der Waals surface area contributed by atoms with E-state index in [0.29, 0.717) is 0 Å². The van der Waals surface area contributed by atoms with Crippen LogP contribution in [-0.2, 0) is 6.54 Å². The topological polar surface area (TPSA) is 53.4 Å². The number of aromatic nitrogens is 2. The highest BCUT2D eigenvalue weighted by atomic mass is 16.2. The first-order valence-corrected chi connectivity index (χ1v) is 9.67. The van der Waals surface area contributed by atoms with Crippen molar-refractivity contribution in [1.29, 1.82) is 0 Å². The molecule has 1 N–H and O–H groups in total. The van der Waals surface area contributed by atoms with Crippen LogP contribution in [0.4, 0.5) is 4.79 Å². The monoisotopic (exact) mass is 367 g/mol. The first-order chi connectivity index (χ1) is 13.2. The Kier molecular flexibility index (Phi) is 7.04. The Labute approximate surface area is 161 Å². The van der Waals surface area contributed by atoms with Gasteiger partial charge in [-0.05, 0) is 25.0 Å². The number of rotatable bonds is 7. The van der Waals surface area contributed by atoms with Crippen LogP contribution in [0.25, 0.3) is 6.08 Å². The van der Waals surface area contributed by atoms with Gasteiger partial charge >= 0.3 is 6.03 Å². The Balaban J connectivity index is 1.34. The van der Waals surface area contributed by atoms with Gasteiger partial charge in [-0.15, -0.1) is 0 Å². The molecule has 1 unspecified atom stereocenters. The number of benzene rings is 1. The molecule has 2 aromatic rings. The Morgan fingerprint density at radius 3 is 2.67 bits per heavy atom. The molecule has 0 bridgehead atoms. The lowest BCUT2D eigenvalue weighted by Crippen LogP contribution is -2.53. The van der Waals surface area contributed by atoms with E-state index in [1.165, 1.54) is 5.56 Å². The van der Waals surface area contributed by atoms with Crippen LogP contribution in [0.1, 0.15) is 18.9 Å². The molecule has 1 aliphatic heterocycles. The Morgan fingerprint density at radius 2 is 1.96 bits per heavy atom. The molecule has 1 fully saturated rings. The SMILES string of the molecule is CC(CCn1cccn1)NC(=O)N1CCN(CC=Cc2ccccc2)CC1. The minimum atomic E-state index is 0.0439. The molecule has 0 saturated carbocycles. The summed E-state index contributed by atoms with van der Waals surface area (Å²) in [6, 6.07) is 12.4. The molecule has 6 heteroatoms. The van der Waals surface area contributed by atoms with E-state index >= 15 is 0 Å². The number of nitrogens with one attached hydrogen (secondary N) is 1. The first kappa shape index (κ1) is 19.2. The summed E-state index contributed by atoms with van der Waals surface area (Å²) in [7, 11) is 0. The summed E-state index contributed by atoms with van der Waals surface area (Å²) >= 11 is 0. The quantitative estimate of drug-likeness (QED) is 0.819. The molecule has 1 aliphatic rings. The van der Waals surface area contributed by atoms with Gasteiger partial charge < -0.3 is 10.2 Å². The minimum Gasteiger partial charge on any atom is -0.335 e. The summed E-state index contributed by atoms with van der Waals surface area (Å²) in [6.45, 7) is 7.16. The van der Waals surface area contributed by atoms with Crippen molar-refractivity contribution < 1.29 is 4.79 Å². The van der Waals surface area contributed by atoms with Gasteiger partial charge in [0.05, 0.1) is 0 Å². The summed E-state index contributed by atoms with van der Waals surface area (Å²) in [5.41, 5.74) is 1.22. The van der Waals surface area contributed by atoms with Gasteiger partial charge in [0.25, 0.3) is 0 Å². The average molecular weight is 367 g/mol. The lowest BCUT2D eigenvalue weighted by molar-refractivity contribution is 0.144. The lowest BCUT2D eigenvalue weighted by Gasteiger charge is -2.34. The smallest absolute Gasteiger partial charge is 0.317 e. The van der Waals surface area contributed by atoms with Crippen molar-refractivity contribution in [2.75, 3.05) is 32.7 Å². The summed E-state index contributed by atoms with van der Waals surface area (Å²) < 4.78 is 1.89. The standard InChI is InChI=1S/C21H29N5O/c1-19(10-14-26-13-6-11-22-26)23-21(27)25-17-15-24(16-18-25)12-5-9-20-7-3-2-4-8-20/h2-9,11,13,19H,10,12,14-18H2,1H3,(H,23,27). The highest BCUT2D eigenvalue weighted by Crippen LogP contribution is 2.06. The zero-order chi connectivity index (χ0) is 18.9. The molecule has 0 radical (unpaired) electrons. The van der Waals surface area contributed by atoms with E-state index in [9.17, 15) is 4.79 Å². The number of carbonyl (C=O) groups excluding carboxylic acids is 1. The molecule has 144 valence electrons. The zero-order valence-electron chi connectivity index (χ0n) is 16.0. The van der Waals surface area contributed by atoms with E-state index < -0.39 is 0 Å². The number of hydrogen-bond donors (Lipinski definition) is 1. The molecule has 6 nitrogen and oxygen atoms in total. The highest BCUT2D eigenvalue weighted by molar-refractivity contribution is 5.74. The maximum Gasteiger partial charge on any atom is 0.317 e. The summed E-state index contributed by atoms with van der Waals surface area (Å²) in [5.74, 6) is 0. The summed E-state index contributed by atoms with van der Waals surface area (Å²) in [6.07, 6.45) is 8.94. The van der Waals surface area contributed by atoms with Crippen LogP contribution < -0.4 is 5.32 Å². The molecular weight excluding hydrogens is 338 g/mol. The molecule has 1 atom stereocenters. The molecular formula is C21H29N5O. The van der Waals surface area contributed by atoms with E-state index in [2.05, 4.69) is 39.6 Å². The van der Waals surface area contributed by atoms with Crippen molar-refractivity contribution in [2.45, 2.75) is 25.9 Å². The van der Waals surface area contributed by atoms with E-state index in [-0.39, 0.29) is 12.1 Å². The Hall–Kier alpha value is -2.60. The summed E-state index contributed by atoms with van der Waals surface area (Å²) in [4.78, 5) is 16.7. The van der Waals surface area contributed by atoms with Crippen LogP contribution in [0.15, 0.2) is 54.9 Å². The maximum absolute atomic E-state index is 12.4. The molecule has 2 heterocycles. The third-order valence-electron chi connectivity index (χ3n) is 4.85. The van der Waals surface area contributed by atoms with E-state index in [4.69, 9.17) is 0 Å². The van der Waals surface area contributed by atoms with Crippen LogP contribution in [0.5, 0.6) is 0 Å². The summed E-state index contributed by atoms with van der Waals surface area (Å²) in [5, 5.41) is 7.30. The van der Waals surface area contributed by atoms with Crippen LogP contribution in [-0.4, -0.2) is 64.4 Å². The van der Waals surface area contributed by atoms with Crippen LogP contribution >= 0.6 is 0 Å². The largest absolute Gasteiger partial charge is 0.335 e. The van der Waals surface area contributed by atoms with Gasteiger partial charge in [0.2, 0.25) is 0 Å². The predicted molar refractivity (Wildman–Crippen MR) is 108 cm³/mol. The molecule has 1 aromatic carbocycles. The fourth-order valence-electron chi connectivity index (χ4n) is 3.17. The number of carbonyl (C=O) groups is 1. The number of urea groups is 1. The van der Waals surface area contributed by atoms with Gasteiger partial charge in [0.15, 0.2) is 0 Å². The second-order valence-electron chi connectivity index (χ2n) is 7.01. The second kappa shape index (κ2) is 9.92. The minimum absolute atomic E-state index is 0.0439. The van der Waals surface area contributed by atoms with E-state index in [1.54, 1.807) is 6.20 Å². The van der Waals surface area contributed by atoms with Crippen molar-refractivity contribution in [1.82, 2.24) is 24.9 Å². The third-order valence-corrected chi connectivity index (χ3v) is 4.85. The van der Waals surface area contributed by atoms with Crippen LogP contribution in [0, 0.1) is 0 Å². The van der Waals surface area contributed by atoms with E-state index in [1.807, 2.05) is 47.0 Å². The first-order valence-electron chi connectivity index (χ1n) is 9.67. The molecule has 0 spiro atoms. The van der Waals surface area contributed by atoms with Crippen LogP contribution in [0.3, 0.4) is 0 Å². The number of aryl methyl sites for hydroxylation is 1. The van der Waals surface area contributed by atoms with Crippen molar-refractivity contribution >= 4 is 12.1 Å². The highest BCUT2D eigenvalue weighted by Gasteiger charge is 2.21. The maximum atomic E-state index is 12.4. The number of piperazine rings is 1. The molecule has 1 aromatic heterocycles. The normalized spacial score (nSPS) is 16.6. The second-order valence-corrected chi connectivity index (χ2v) is 7.01. The van der Waals surface area contributed by atoms with Gasteiger partial charge in [-0.25, -0.2) is 4.79 Å². The number of amides is 2. The van der Waals surface area contributed by atoms with Gasteiger partial charge in [0, 0.05) is 57.7 Å². The van der Waals surface area contributed by atoms with Crippen LogP contribution in [0.2, 0.25) is 0 Å². The zero-order valence-corrected chi connectivity index (χ0v) is 16.0. The molecule has 27 heavy (non-hydrogen) atoms. The van der Waals surface area contributed by atoms with Crippen molar-refractivity contribution in [3.63, 3.8) is 0 Å². The van der Waals surface area contributed by atoms with Gasteiger partial charge in [-0.2, -0.15) is 5.10 Å². The number of hydrogen-bond acceptors (Lipinski definition) is 3. The van der Waals surface area contributed by atoms with Crippen molar-refractivity contribution in [3.8, 4) is 0 Å². The molecule has 3 rings (SSSR count). The van der Waals surface area contributed by atoms with Gasteiger partial charge in [-0.3, -0.25) is 9.58 Å². The Morgan fingerprint density at radius 1 is 1.19 bits per heavy atom. The van der Waals surface area contributed by atoms with E-state index in [0.717, 1.165) is 45.7 Å². The Bertz CT molecular complexity index is 705. The third kappa shape index (κ3) is 6.25. The van der Waals surface area contributed by atoms with Gasteiger partial charge in [-0.1, -0.05) is 42.5 Å². The molecule has 1 saturated heterocycles. The molecule has 2 amide bonds. The fourth-order valence-corrected chi connectivity index (χ4v) is 3.17. The van der Waals surface area contributed by atoms with Crippen molar-refractivity contribution in [3.05, 3.63) is 60.4 Å².